The first-order valence-electron chi connectivity index (χ1n) is 9.45. The van der Waals surface area contributed by atoms with Crippen molar-refractivity contribution in [1.29, 1.82) is 0 Å². The highest BCUT2D eigenvalue weighted by molar-refractivity contribution is 5.81. The van der Waals surface area contributed by atoms with Crippen molar-refractivity contribution in [2.75, 3.05) is 38.2 Å². The second kappa shape index (κ2) is 7.98. The van der Waals surface area contributed by atoms with Gasteiger partial charge in [0.25, 0.3) is 0 Å². The molecule has 1 saturated heterocycles. The first-order chi connectivity index (χ1) is 14.3. The van der Waals surface area contributed by atoms with Gasteiger partial charge in [-0.3, -0.25) is 4.90 Å². The van der Waals surface area contributed by atoms with Crippen LogP contribution in [0.15, 0.2) is 51.8 Å². The van der Waals surface area contributed by atoms with Gasteiger partial charge in [-0.1, -0.05) is 0 Å². The Hall–Kier alpha value is -3.07. The number of alkyl halides is 3. The SMILES string of the molecule is COc1ccc2c(CN3CCN(c4ccc(C(F)(F)F)cn4)CC3)cc(=O)oc2c1. The van der Waals surface area contributed by atoms with Gasteiger partial charge in [0, 0.05) is 56.4 Å². The molecule has 30 heavy (non-hydrogen) atoms. The molecule has 3 aromatic rings. The molecule has 3 heterocycles. The summed E-state index contributed by atoms with van der Waals surface area (Å²) >= 11 is 0. The molecule has 1 aliphatic heterocycles. The van der Waals surface area contributed by atoms with Crippen molar-refractivity contribution in [3.63, 3.8) is 0 Å². The number of benzene rings is 1. The molecule has 0 bridgehead atoms. The fourth-order valence-electron chi connectivity index (χ4n) is 3.58. The van der Waals surface area contributed by atoms with Gasteiger partial charge in [-0.05, 0) is 29.8 Å². The van der Waals surface area contributed by atoms with E-state index in [0.29, 0.717) is 49.9 Å². The highest BCUT2D eigenvalue weighted by atomic mass is 19.4. The average Bonchev–Trinajstić information content (AvgIpc) is 2.73. The Balaban J connectivity index is 1.44. The third-order valence-electron chi connectivity index (χ3n) is 5.20. The van der Waals surface area contributed by atoms with Crippen LogP contribution in [-0.4, -0.2) is 43.2 Å². The second-order valence-corrected chi connectivity index (χ2v) is 7.12. The van der Waals surface area contributed by atoms with E-state index in [-0.39, 0.29) is 0 Å². The largest absolute Gasteiger partial charge is 0.497 e. The lowest BCUT2D eigenvalue weighted by Gasteiger charge is -2.35. The molecule has 0 N–H and O–H groups in total. The lowest BCUT2D eigenvalue weighted by molar-refractivity contribution is -0.137. The number of nitrogens with zero attached hydrogens (tertiary/aromatic N) is 3. The Morgan fingerprint density at radius 3 is 2.50 bits per heavy atom. The number of anilines is 1. The molecule has 0 atom stereocenters. The van der Waals surface area contributed by atoms with E-state index in [0.717, 1.165) is 23.2 Å². The van der Waals surface area contributed by atoms with Crippen molar-refractivity contribution in [3.05, 3.63) is 64.1 Å². The van der Waals surface area contributed by atoms with E-state index < -0.39 is 17.4 Å². The molecule has 0 saturated carbocycles. The average molecular weight is 419 g/mol. The van der Waals surface area contributed by atoms with E-state index in [9.17, 15) is 18.0 Å². The minimum Gasteiger partial charge on any atom is -0.497 e. The van der Waals surface area contributed by atoms with Gasteiger partial charge in [0.05, 0.1) is 12.7 Å². The maximum atomic E-state index is 12.7. The molecule has 0 unspecified atom stereocenters. The summed E-state index contributed by atoms with van der Waals surface area (Å²) in [5, 5.41) is 0.849. The number of hydrogen-bond acceptors (Lipinski definition) is 6. The topological polar surface area (TPSA) is 58.8 Å². The van der Waals surface area contributed by atoms with Gasteiger partial charge in [0.2, 0.25) is 0 Å². The van der Waals surface area contributed by atoms with Gasteiger partial charge in [-0.25, -0.2) is 9.78 Å². The monoisotopic (exact) mass is 419 g/mol. The van der Waals surface area contributed by atoms with Crippen molar-refractivity contribution in [2.45, 2.75) is 12.7 Å². The third kappa shape index (κ3) is 4.25. The van der Waals surface area contributed by atoms with E-state index in [4.69, 9.17) is 9.15 Å². The van der Waals surface area contributed by atoms with Gasteiger partial charge >= 0.3 is 11.8 Å². The van der Waals surface area contributed by atoms with Gasteiger partial charge in [0.15, 0.2) is 0 Å². The highest BCUT2D eigenvalue weighted by Gasteiger charge is 2.31. The maximum absolute atomic E-state index is 12.7. The molecule has 0 spiro atoms. The van der Waals surface area contributed by atoms with Crippen molar-refractivity contribution < 1.29 is 22.3 Å². The van der Waals surface area contributed by atoms with Crippen LogP contribution in [0.1, 0.15) is 11.1 Å². The highest BCUT2D eigenvalue weighted by Crippen LogP contribution is 2.29. The lowest BCUT2D eigenvalue weighted by atomic mass is 10.1. The predicted molar refractivity (Wildman–Crippen MR) is 106 cm³/mol. The number of methoxy groups -OCH3 is 1. The zero-order valence-electron chi connectivity index (χ0n) is 16.3. The molecule has 1 fully saturated rings. The molecule has 1 aliphatic rings. The smallest absolute Gasteiger partial charge is 0.417 e. The number of aromatic nitrogens is 1. The van der Waals surface area contributed by atoms with Crippen LogP contribution in [0.5, 0.6) is 5.75 Å². The Morgan fingerprint density at radius 1 is 1.10 bits per heavy atom. The molecular weight excluding hydrogens is 399 g/mol. The molecule has 4 rings (SSSR count). The van der Waals surface area contributed by atoms with Crippen LogP contribution in [0.4, 0.5) is 19.0 Å². The van der Waals surface area contributed by atoms with Gasteiger partial charge < -0.3 is 14.1 Å². The van der Waals surface area contributed by atoms with Crippen molar-refractivity contribution in [2.24, 2.45) is 0 Å². The van der Waals surface area contributed by atoms with Gasteiger partial charge in [0.1, 0.15) is 17.2 Å². The summed E-state index contributed by atoms with van der Waals surface area (Å²) in [5.41, 5.74) is 0.170. The van der Waals surface area contributed by atoms with Crippen molar-refractivity contribution >= 4 is 16.8 Å². The Kier molecular flexibility index (Phi) is 5.38. The zero-order chi connectivity index (χ0) is 21.3. The fraction of sp³-hybridized carbons (Fsp3) is 0.333. The van der Waals surface area contributed by atoms with Crippen LogP contribution >= 0.6 is 0 Å². The summed E-state index contributed by atoms with van der Waals surface area (Å²) in [7, 11) is 1.55. The summed E-state index contributed by atoms with van der Waals surface area (Å²) in [6, 6.07) is 9.34. The Morgan fingerprint density at radius 2 is 1.87 bits per heavy atom. The Labute approximate surface area is 170 Å². The van der Waals surface area contributed by atoms with Crippen LogP contribution < -0.4 is 15.3 Å². The van der Waals surface area contributed by atoms with E-state index in [1.807, 2.05) is 17.0 Å². The third-order valence-corrected chi connectivity index (χ3v) is 5.20. The normalized spacial score (nSPS) is 15.5. The van der Waals surface area contributed by atoms with E-state index in [1.54, 1.807) is 13.2 Å². The maximum Gasteiger partial charge on any atom is 0.417 e. The molecule has 1 aromatic carbocycles. The van der Waals surface area contributed by atoms with E-state index in [1.165, 1.54) is 12.1 Å². The molecule has 9 heteroatoms. The number of ether oxygens (including phenoxy) is 1. The molecular formula is C21H20F3N3O3. The molecule has 2 aromatic heterocycles. The summed E-state index contributed by atoms with van der Waals surface area (Å²) in [5.74, 6) is 1.14. The summed E-state index contributed by atoms with van der Waals surface area (Å²) in [4.78, 5) is 20.1. The van der Waals surface area contributed by atoms with Crippen molar-refractivity contribution in [3.8, 4) is 5.75 Å². The fourth-order valence-corrected chi connectivity index (χ4v) is 3.58. The minimum absolute atomic E-state index is 0.418. The quantitative estimate of drug-likeness (QED) is 0.603. The molecule has 0 aliphatic carbocycles. The minimum atomic E-state index is -4.39. The molecule has 0 amide bonds. The molecule has 6 nitrogen and oxygen atoms in total. The number of piperazine rings is 1. The number of pyridine rings is 1. The first kappa shape index (κ1) is 20.2. The zero-order valence-corrected chi connectivity index (χ0v) is 16.3. The van der Waals surface area contributed by atoms with E-state index in [2.05, 4.69) is 9.88 Å². The lowest BCUT2D eigenvalue weighted by Crippen LogP contribution is -2.46. The Bertz CT molecular complexity index is 1090. The van der Waals surface area contributed by atoms with Crippen LogP contribution in [-0.2, 0) is 12.7 Å². The van der Waals surface area contributed by atoms with Crippen molar-refractivity contribution in [1.82, 2.24) is 9.88 Å². The summed E-state index contributed by atoms with van der Waals surface area (Å²) in [6.07, 6.45) is -3.52. The van der Waals surface area contributed by atoms with Gasteiger partial charge in [-0.15, -0.1) is 0 Å². The standard InChI is InChI=1S/C21H20F3N3O3/c1-29-16-3-4-17-14(10-20(28)30-18(17)11-16)13-26-6-8-27(9-7-26)19-5-2-15(12-25-19)21(22,23)24/h2-5,10-12H,6-9,13H2,1H3. The number of rotatable bonds is 4. The second-order valence-electron chi connectivity index (χ2n) is 7.12. The first-order valence-corrected chi connectivity index (χ1v) is 9.45. The number of fused-ring (bicyclic) bond motifs is 1. The van der Waals surface area contributed by atoms with Crippen LogP contribution in [0, 0.1) is 0 Å². The molecule has 0 radical (unpaired) electrons. The number of halogens is 3. The van der Waals surface area contributed by atoms with Crippen LogP contribution in [0.2, 0.25) is 0 Å². The predicted octanol–water partition coefficient (Wildman–Crippen LogP) is 3.54. The summed E-state index contributed by atoms with van der Waals surface area (Å²) in [6.45, 7) is 3.22. The van der Waals surface area contributed by atoms with Crippen LogP contribution in [0.3, 0.4) is 0 Å². The molecule has 158 valence electrons. The number of hydrogen-bond donors (Lipinski definition) is 0. The summed E-state index contributed by atoms with van der Waals surface area (Å²) < 4.78 is 48.6. The van der Waals surface area contributed by atoms with Crippen LogP contribution in [0.25, 0.3) is 11.0 Å². The van der Waals surface area contributed by atoms with E-state index >= 15 is 0 Å². The van der Waals surface area contributed by atoms with Gasteiger partial charge in [-0.2, -0.15) is 13.2 Å².